The predicted molar refractivity (Wildman–Crippen MR) is 77.9 cm³/mol. The van der Waals surface area contributed by atoms with Crippen LogP contribution in [-0.4, -0.2) is 14.9 Å². The van der Waals surface area contributed by atoms with E-state index in [1.165, 1.54) is 18.4 Å². The molecule has 102 valence electrons. The van der Waals surface area contributed by atoms with Crippen molar-refractivity contribution in [3.8, 4) is 0 Å². The normalized spacial score (nSPS) is 22.3. The molecule has 2 rings (SSSR count). The fourth-order valence-electron chi connectivity index (χ4n) is 2.66. The first-order valence-corrected chi connectivity index (χ1v) is 6.64. The molecule has 0 fully saturated rings. The van der Waals surface area contributed by atoms with Crippen molar-refractivity contribution in [3.05, 3.63) is 48.7 Å². The number of hydrogen-bond donors (Lipinski definition) is 1. The Kier molecular flexibility index (Phi) is 3.88. The largest absolute Gasteiger partial charge is 0.293 e. The van der Waals surface area contributed by atoms with Crippen molar-refractivity contribution in [1.82, 2.24) is 14.9 Å². The van der Waals surface area contributed by atoms with Crippen molar-refractivity contribution >= 4 is 0 Å². The van der Waals surface area contributed by atoms with Gasteiger partial charge in [-0.2, -0.15) is 0 Å². The van der Waals surface area contributed by atoms with Gasteiger partial charge in [0.15, 0.2) is 0 Å². The zero-order chi connectivity index (χ0) is 13.9. The maximum atomic E-state index is 3.99. The van der Waals surface area contributed by atoms with Crippen molar-refractivity contribution in [2.24, 2.45) is 11.3 Å². The Morgan fingerprint density at radius 2 is 2.16 bits per heavy atom. The van der Waals surface area contributed by atoms with Crippen molar-refractivity contribution in [2.75, 3.05) is 5.43 Å². The third kappa shape index (κ3) is 3.34. The number of hydrogen-bond acceptors (Lipinski definition) is 3. The van der Waals surface area contributed by atoms with Gasteiger partial charge in [0.05, 0.1) is 0 Å². The summed E-state index contributed by atoms with van der Waals surface area (Å²) in [4.78, 5) is 0. The van der Waals surface area contributed by atoms with Gasteiger partial charge in [-0.15, -0.1) is 10.2 Å². The van der Waals surface area contributed by atoms with E-state index in [1.54, 1.807) is 17.3 Å². The van der Waals surface area contributed by atoms with Gasteiger partial charge in [-0.1, -0.05) is 38.2 Å². The summed E-state index contributed by atoms with van der Waals surface area (Å²) in [7, 11) is 0. The molecular weight excluding hydrogens is 236 g/mol. The van der Waals surface area contributed by atoms with Gasteiger partial charge >= 0.3 is 0 Å². The second-order valence-corrected chi connectivity index (χ2v) is 5.82. The summed E-state index contributed by atoms with van der Waals surface area (Å²) in [5.74, 6) is 0.473. The molecule has 1 aliphatic carbocycles. The highest BCUT2D eigenvalue weighted by Crippen LogP contribution is 2.41. The van der Waals surface area contributed by atoms with Gasteiger partial charge in [0, 0.05) is 11.6 Å². The smallest absolute Gasteiger partial charge is 0.139 e. The quantitative estimate of drug-likeness (QED) is 0.665. The highest BCUT2D eigenvalue weighted by Gasteiger charge is 2.30. The van der Waals surface area contributed by atoms with E-state index in [1.807, 2.05) is 6.08 Å². The van der Waals surface area contributed by atoms with Crippen LogP contribution < -0.4 is 5.43 Å². The maximum Gasteiger partial charge on any atom is 0.139 e. The lowest BCUT2D eigenvalue weighted by Gasteiger charge is -2.36. The maximum absolute atomic E-state index is 3.99. The zero-order valence-electron chi connectivity index (χ0n) is 11.9. The molecule has 19 heavy (non-hydrogen) atoms. The lowest BCUT2D eigenvalue weighted by Crippen LogP contribution is -2.26. The third-order valence-electron chi connectivity index (χ3n) is 3.77. The molecule has 0 saturated carbocycles. The fourth-order valence-corrected chi connectivity index (χ4v) is 2.66. The summed E-state index contributed by atoms with van der Waals surface area (Å²) in [5.41, 5.74) is 5.68. The van der Waals surface area contributed by atoms with Gasteiger partial charge in [-0.3, -0.25) is 5.43 Å². The Balaban J connectivity index is 2.02. The molecule has 0 bridgehead atoms. The summed E-state index contributed by atoms with van der Waals surface area (Å²) < 4.78 is 1.68. The molecule has 0 aromatic carbocycles. The first-order chi connectivity index (χ1) is 8.99. The van der Waals surface area contributed by atoms with E-state index >= 15 is 0 Å². The van der Waals surface area contributed by atoms with Crippen molar-refractivity contribution < 1.29 is 0 Å². The number of allylic oxidation sites excluding steroid dienone is 4. The van der Waals surface area contributed by atoms with Gasteiger partial charge in [-0.05, 0) is 31.3 Å². The molecule has 1 aromatic heterocycles. The Labute approximate surface area is 114 Å². The molecule has 0 unspecified atom stereocenters. The lowest BCUT2D eigenvalue weighted by molar-refractivity contribution is 0.255. The summed E-state index contributed by atoms with van der Waals surface area (Å²) in [6.45, 7) is 10.9. The van der Waals surface area contributed by atoms with E-state index in [4.69, 9.17) is 0 Å². The third-order valence-corrected chi connectivity index (χ3v) is 3.77. The highest BCUT2D eigenvalue weighted by atomic mass is 15.5. The highest BCUT2D eigenvalue weighted by molar-refractivity contribution is 5.26. The number of rotatable bonds is 4. The second-order valence-electron chi connectivity index (χ2n) is 5.82. The van der Waals surface area contributed by atoms with E-state index in [9.17, 15) is 0 Å². The molecule has 1 atom stereocenters. The van der Waals surface area contributed by atoms with Crippen LogP contribution in [0.4, 0.5) is 0 Å². The molecule has 1 N–H and O–H groups in total. The predicted octanol–water partition coefficient (Wildman–Crippen LogP) is 3.27. The van der Waals surface area contributed by atoms with Crippen LogP contribution in [0.1, 0.15) is 33.6 Å². The molecule has 1 aliphatic rings. The summed E-state index contributed by atoms with van der Waals surface area (Å²) in [6.07, 6.45) is 12.2. The standard InChI is InChI=1S/C15H22N4/c1-12-6-5-9-15(3,4)14(12)8-7-13(2)18-19-10-16-17-11-19/h6-8,10-11,14,18H,2,5,9H2,1,3-4H3/b8-7+/t14-/m0/s1. The van der Waals surface area contributed by atoms with E-state index < -0.39 is 0 Å². The zero-order valence-corrected chi connectivity index (χ0v) is 11.9. The molecule has 0 amide bonds. The van der Waals surface area contributed by atoms with Gasteiger partial charge in [-0.25, -0.2) is 4.68 Å². The first kappa shape index (κ1) is 13.6. The second kappa shape index (κ2) is 5.43. The Bertz CT molecular complexity index is 494. The fraction of sp³-hybridized carbons (Fsp3) is 0.467. The van der Waals surface area contributed by atoms with E-state index in [0.717, 1.165) is 5.70 Å². The summed E-state index contributed by atoms with van der Waals surface area (Å²) in [6, 6.07) is 0. The lowest BCUT2D eigenvalue weighted by atomic mass is 9.68. The van der Waals surface area contributed by atoms with Gasteiger partial charge in [0.1, 0.15) is 12.7 Å². The minimum Gasteiger partial charge on any atom is -0.293 e. The topological polar surface area (TPSA) is 42.7 Å². The Morgan fingerprint density at radius 1 is 1.47 bits per heavy atom. The van der Waals surface area contributed by atoms with Crippen molar-refractivity contribution in [2.45, 2.75) is 33.6 Å². The molecule has 0 saturated heterocycles. The van der Waals surface area contributed by atoms with Crippen LogP contribution in [0.2, 0.25) is 0 Å². The molecule has 0 aliphatic heterocycles. The van der Waals surface area contributed by atoms with Crippen molar-refractivity contribution in [3.63, 3.8) is 0 Å². The van der Waals surface area contributed by atoms with Gasteiger partial charge in [0.2, 0.25) is 0 Å². The molecular formula is C15H22N4. The van der Waals surface area contributed by atoms with Crippen LogP contribution in [0, 0.1) is 11.3 Å². The van der Waals surface area contributed by atoms with Gasteiger partial charge in [0.25, 0.3) is 0 Å². The van der Waals surface area contributed by atoms with Crippen LogP contribution in [0.25, 0.3) is 0 Å². The van der Waals surface area contributed by atoms with Crippen LogP contribution in [0.3, 0.4) is 0 Å². The average molecular weight is 258 g/mol. The van der Waals surface area contributed by atoms with Gasteiger partial charge < -0.3 is 0 Å². The van der Waals surface area contributed by atoms with E-state index in [0.29, 0.717) is 11.3 Å². The molecule has 0 spiro atoms. The minimum absolute atomic E-state index is 0.312. The molecule has 1 aromatic rings. The van der Waals surface area contributed by atoms with Crippen LogP contribution in [0.15, 0.2) is 48.7 Å². The monoisotopic (exact) mass is 258 g/mol. The Morgan fingerprint density at radius 3 is 2.79 bits per heavy atom. The first-order valence-electron chi connectivity index (χ1n) is 6.64. The molecule has 4 heteroatoms. The summed E-state index contributed by atoms with van der Waals surface area (Å²) in [5, 5.41) is 7.47. The molecule has 0 radical (unpaired) electrons. The van der Waals surface area contributed by atoms with Crippen molar-refractivity contribution in [1.29, 1.82) is 0 Å². The van der Waals surface area contributed by atoms with Crippen LogP contribution >= 0.6 is 0 Å². The van der Waals surface area contributed by atoms with Crippen LogP contribution in [0.5, 0.6) is 0 Å². The van der Waals surface area contributed by atoms with E-state index in [2.05, 4.69) is 55.1 Å². The average Bonchev–Trinajstić information content (AvgIpc) is 2.80. The number of nitrogens with zero attached hydrogens (tertiary/aromatic N) is 3. The minimum atomic E-state index is 0.312. The Hall–Kier alpha value is -1.84. The summed E-state index contributed by atoms with van der Waals surface area (Å²) >= 11 is 0. The van der Waals surface area contributed by atoms with E-state index in [-0.39, 0.29) is 0 Å². The molecule has 4 nitrogen and oxygen atoms in total. The number of nitrogens with one attached hydrogen (secondary N) is 1. The number of aromatic nitrogens is 3. The molecule has 1 heterocycles. The SMILES string of the molecule is C=C(/C=C/[C@H]1C(C)=CCCC1(C)C)Nn1cnnc1. The van der Waals surface area contributed by atoms with Crippen LogP contribution in [-0.2, 0) is 0 Å².